The standard InChI is InChI=1S/C13H20ClN3O/c1-2-4-12-16-11(14)7-13(17-12)15-8-10-5-3-6-18-9-10/h7,10H,2-6,8-9H2,1H3,(H,15,16,17). The molecular formula is C13H20ClN3O. The van der Waals surface area contributed by atoms with Crippen LogP contribution in [0.4, 0.5) is 5.82 Å². The van der Waals surface area contributed by atoms with Gasteiger partial charge in [-0.3, -0.25) is 0 Å². The number of anilines is 1. The smallest absolute Gasteiger partial charge is 0.134 e. The molecule has 1 atom stereocenters. The quantitative estimate of drug-likeness (QED) is 0.835. The lowest BCUT2D eigenvalue weighted by Gasteiger charge is -2.22. The third-order valence-electron chi connectivity index (χ3n) is 3.04. The SMILES string of the molecule is CCCc1nc(Cl)cc(NCC2CCCOC2)n1. The van der Waals surface area contributed by atoms with Crippen LogP contribution >= 0.6 is 11.6 Å². The number of halogens is 1. The number of aryl methyl sites for hydroxylation is 1. The van der Waals surface area contributed by atoms with Gasteiger partial charge in [0.2, 0.25) is 0 Å². The van der Waals surface area contributed by atoms with Gasteiger partial charge in [0.25, 0.3) is 0 Å². The molecule has 1 saturated heterocycles. The Morgan fingerprint density at radius 3 is 3.11 bits per heavy atom. The summed E-state index contributed by atoms with van der Waals surface area (Å²) in [5, 5.41) is 3.85. The van der Waals surface area contributed by atoms with E-state index < -0.39 is 0 Å². The van der Waals surface area contributed by atoms with E-state index >= 15 is 0 Å². The molecule has 4 nitrogen and oxygen atoms in total. The highest BCUT2D eigenvalue weighted by Crippen LogP contribution is 2.16. The van der Waals surface area contributed by atoms with Gasteiger partial charge in [0, 0.05) is 25.6 Å². The molecule has 0 radical (unpaired) electrons. The van der Waals surface area contributed by atoms with Crippen LogP contribution in [0, 0.1) is 5.92 Å². The molecule has 100 valence electrons. The summed E-state index contributed by atoms with van der Waals surface area (Å²) in [6, 6.07) is 1.78. The van der Waals surface area contributed by atoms with E-state index in [-0.39, 0.29) is 0 Å². The van der Waals surface area contributed by atoms with Crippen molar-refractivity contribution in [2.75, 3.05) is 25.1 Å². The maximum absolute atomic E-state index is 5.99. The van der Waals surface area contributed by atoms with E-state index in [9.17, 15) is 0 Å². The van der Waals surface area contributed by atoms with Crippen LogP contribution in [0.5, 0.6) is 0 Å². The van der Waals surface area contributed by atoms with E-state index in [0.717, 1.165) is 50.7 Å². The lowest BCUT2D eigenvalue weighted by Crippen LogP contribution is -2.24. The Kier molecular flexibility index (Phi) is 5.20. The Labute approximate surface area is 113 Å². The maximum Gasteiger partial charge on any atom is 0.134 e. The Hall–Kier alpha value is -0.870. The van der Waals surface area contributed by atoms with Crippen molar-refractivity contribution in [2.24, 2.45) is 5.92 Å². The average Bonchev–Trinajstić information content (AvgIpc) is 2.37. The van der Waals surface area contributed by atoms with E-state index in [1.807, 2.05) is 0 Å². The lowest BCUT2D eigenvalue weighted by molar-refractivity contribution is 0.0595. The summed E-state index contributed by atoms with van der Waals surface area (Å²) in [6.45, 7) is 4.74. The highest BCUT2D eigenvalue weighted by atomic mass is 35.5. The lowest BCUT2D eigenvalue weighted by atomic mass is 10.0. The number of ether oxygens (including phenoxy) is 1. The van der Waals surface area contributed by atoms with Gasteiger partial charge in [0.15, 0.2) is 0 Å². The molecule has 0 saturated carbocycles. The van der Waals surface area contributed by atoms with E-state index in [0.29, 0.717) is 11.1 Å². The zero-order valence-corrected chi connectivity index (χ0v) is 11.5. The minimum atomic E-state index is 0.510. The van der Waals surface area contributed by atoms with Crippen LogP contribution < -0.4 is 5.32 Å². The maximum atomic E-state index is 5.99. The number of hydrogen-bond donors (Lipinski definition) is 1. The van der Waals surface area contributed by atoms with Crippen molar-refractivity contribution in [2.45, 2.75) is 32.6 Å². The Morgan fingerprint density at radius 2 is 2.39 bits per heavy atom. The number of hydrogen-bond acceptors (Lipinski definition) is 4. The zero-order chi connectivity index (χ0) is 12.8. The second-order valence-electron chi connectivity index (χ2n) is 4.71. The van der Waals surface area contributed by atoms with Crippen molar-refractivity contribution in [1.29, 1.82) is 0 Å². The zero-order valence-electron chi connectivity index (χ0n) is 10.8. The molecule has 0 bridgehead atoms. The van der Waals surface area contributed by atoms with Crippen LogP contribution in [0.2, 0.25) is 5.15 Å². The van der Waals surface area contributed by atoms with Gasteiger partial charge in [-0.15, -0.1) is 0 Å². The van der Waals surface area contributed by atoms with Crippen molar-refractivity contribution >= 4 is 17.4 Å². The van der Waals surface area contributed by atoms with Crippen LogP contribution in [0.25, 0.3) is 0 Å². The molecule has 1 aromatic rings. The summed E-state index contributed by atoms with van der Waals surface area (Å²) in [5.41, 5.74) is 0. The fourth-order valence-corrected chi connectivity index (χ4v) is 2.31. The summed E-state index contributed by atoms with van der Waals surface area (Å²) in [4.78, 5) is 8.67. The monoisotopic (exact) mass is 269 g/mol. The van der Waals surface area contributed by atoms with Crippen molar-refractivity contribution in [3.8, 4) is 0 Å². The largest absolute Gasteiger partial charge is 0.381 e. The fourth-order valence-electron chi connectivity index (χ4n) is 2.11. The molecule has 1 aliphatic rings. The molecule has 1 N–H and O–H groups in total. The predicted octanol–water partition coefficient (Wildman–Crippen LogP) is 2.92. The summed E-state index contributed by atoms with van der Waals surface area (Å²) < 4.78 is 5.46. The van der Waals surface area contributed by atoms with Crippen LogP contribution in [-0.4, -0.2) is 29.7 Å². The Morgan fingerprint density at radius 1 is 1.50 bits per heavy atom. The van der Waals surface area contributed by atoms with E-state index in [4.69, 9.17) is 16.3 Å². The minimum absolute atomic E-state index is 0.510. The molecule has 0 amide bonds. The molecule has 2 heterocycles. The molecule has 1 aliphatic heterocycles. The number of nitrogens with one attached hydrogen (secondary N) is 1. The summed E-state index contributed by atoms with van der Waals surface area (Å²) in [7, 11) is 0. The first kappa shape index (κ1) is 13.6. The molecule has 1 fully saturated rings. The highest BCUT2D eigenvalue weighted by molar-refractivity contribution is 6.29. The third kappa shape index (κ3) is 4.10. The molecule has 0 aliphatic carbocycles. The molecule has 5 heteroatoms. The molecule has 1 unspecified atom stereocenters. The first-order valence-electron chi connectivity index (χ1n) is 6.63. The van der Waals surface area contributed by atoms with Gasteiger partial charge in [0.05, 0.1) is 6.61 Å². The Balaban J connectivity index is 1.91. The van der Waals surface area contributed by atoms with Crippen LogP contribution in [-0.2, 0) is 11.2 Å². The third-order valence-corrected chi connectivity index (χ3v) is 3.23. The van der Waals surface area contributed by atoms with Crippen LogP contribution in [0.1, 0.15) is 32.0 Å². The molecule has 2 rings (SSSR count). The normalized spacial score (nSPS) is 19.8. The molecule has 0 spiro atoms. The Bertz CT molecular complexity index is 380. The molecule has 1 aromatic heterocycles. The van der Waals surface area contributed by atoms with Gasteiger partial charge >= 0.3 is 0 Å². The molecular weight excluding hydrogens is 250 g/mol. The summed E-state index contributed by atoms with van der Waals surface area (Å²) in [6.07, 6.45) is 4.25. The van der Waals surface area contributed by atoms with Gasteiger partial charge in [-0.1, -0.05) is 18.5 Å². The van der Waals surface area contributed by atoms with E-state index in [2.05, 4.69) is 22.2 Å². The number of nitrogens with zero attached hydrogens (tertiary/aromatic N) is 2. The first-order valence-corrected chi connectivity index (χ1v) is 7.01. The second-order valence-corrected chi connectivity index (χ2v) is 5.09. The predicted molar refractivity (Wildman–Crippen MR) is 73.1 cm³/mol. The number of aromatic nitrogens is 2. The fraction of sp³-hybridized carbons (Fsp3) is 0.692. The first-order chi connectivity index (χ1) is 8.78. The van der Waals surface area contributed by atoms with Crippen molar-refractivity contribution in [3.63, 3.8) is 0 Å². The molecule has 18 heavy (non-hydrogen) atoms. The van der Waals surface area contributed by atoms with Gasteiger partial charge in [-0.2, -0.15) is 0 Å². The van der Waals surface area contributed by atoms with Crippen LogP contribution in [0.15, 0.2) is 6.07 Å². The van der Waals surface area contributed by atoms with E-state index in [1.54, 1.807) is 6.07 Å². The van der Waals surface area contributed by atoms with Crippen molar-refractivity contribution in [1.82, 2.24) is 9.97 Å². The number of rotatable bonds is 5. The van der Waals surface area contributed by atoms with Gasteiger partial charge < -0.3 is 10.1 Å². The van der Waals surface area contributed by atoms with Crippen molar-refractivity contribution in [3.05, 3.63) is 17.0 Å². The van der Waals surface area contributed by atoms with Gasteiger partial charge in [-0.25, -0.2) is 9.97 Å². The van der Waals surface area contributed by atoms with Crippen LogP contribution in [0.3, 0.4) is 0 Å². The topological polar surface area (TPSA) is 47.0 Å². The van der Waals surface area contributed by atoms with Gasteiger partial charge in [-0.05, 0) is 25.2 Å². The average molecular weight is 270 g/mol. The van der Waals surface area contributed by atoms with Gasteiger partial charge in [0.1, 0.15) is 16.8 Å². The second kappa shape index (κ2) is 6.90. The molecule has 0 aromatic carbocycles. The van der Waals surface area contributed by atoms with E-state index in [1.165, 1.54) is 6.42 Å². The highest BCUT2D eigenvalue weighted by Gasteiger charge is 2.14. The van der Waals surface area contributed by atoms with Crippen molar-refractivity contribution < 1.29 is 4.74 Å². The summed E-state index contributed by atoms with van der Waals surface area (Å²) >= 11 is 5.99. The summed E-state index contributed by atoms with van der Waals surface area (Å²) in [5.74, 6) is 2.21. The minimum Gasteiger partial charge on any atom is -0.381 e.